The molecule has 150 valence electrons. The standard InChI is InChI=1S/C20H25N5O2.ClH/c26-18-4-3-17(19(27)23-18)25-13-22-15-11-14(1-2-16(15)25)24-9-6-20(7-10-24)5-8-21-12-20;/h1-2,11,13,17,21H,3-10,12H2,(H,23,26,27);1H. The van der Waals surface area contributed by atoms with E-state index in [4.69, 9.17) is 0 Å². The number of piperidine rings is 2. The van der Waals surface area contributed by atoms with Crippen LogP contribution < -0.4 is 15.5 Å². The average molecular weight is 404 g/mol. The largest absolute Gasteiger partial charge is 0.371 e. The molecule has 8 heteroatoms. The van der Waals surface area contributed by atoms with Gasteiger partial charge in [0.25, 0.3) is 0 Å². The Kier molecular flexibility index (Phi) is 5.05. The van der Waals surface area contributed by atoms with Gasteiger partial charge in [-0.15, -0.1) is 12.4 Å². The number of aromatic nitrogens is 2. The van der Waals surface area contributed by atoms with Crippen LogP contribution in [0, 0.1) is 5.41 Å². The Morgan fingerprint density at radius 3 is 2.68 bits per heavy atom. The number of nitrogens with zero attached hydrogens (tertiary/aromatic N) is 3. The van der Waals surface area contributed by atoms with Crippen molar-refractivity contribution in [2.24, 2.45) is 5.41 Å². The van der Waals surface area contributed by atoms with Crippen LogP contribution in [0.4, 0.5) is 5.69 Å². The van der Waals surface area contributed by atoms with E-state index in [0.29, 0.717) is 18.3 Å². The Morgan fingerprint density at radius 1 is 1.14 bits per heavy atom. The van der Waals surface area contributed by atoms with Gasteiger partial charge < -0.3 is 14.8 Å². The molecule has 7 nitrogen and oxygen atoms in total. The summed E-state index contributed by atoms with van der Waals surface area (Å²) >= 11 is 0. The molecular formula is C20H26ClN5O2. The molecule has 2 N–H and O–H groups in total. The summed E-state index contributed by atoms with van der Waals surface area (Å²) in [5.74, 6) is -0.426. The number of amides is 2. The van der Waals surface area contributed by atoms with Crippen molar-refractivity contribution >= 4 is 40.9 Å². The summed E-state index contributed by atoms with van der Waals surface area (Å²) in [7, 11) is 0. The maximum atomic E-state index is 12.2. The van der Waals surface area contributed by atoms with Gasteiger partial charge in [-0.3, -0.25) is 14.9 Å². The Balaban J connectivity index is 0.00000192. The number of imide groups is 1. The SMILES string of the molecule is Cl.O=C1CCC(n2cnc3cc(N4CCC5(CCNC5)CC4)ccc32)C(=O)N1. The van der Waals surface area contributed by atoms with Crippen LogP contribution in [0.2, 0.25) is 0 Å². The summed E-state index contributed by atoms with van der Waals surface area (Å²) in [4.78, 5) is 30.6. The molecule has 1 aromatic carbocycles. The predicted octanol–water partition coefficient (Wildman–Crippen LogP) is 2.02. The maximum Gasteiger partial charge on any atom is 0.249 e. The van der Waals surface area contributed by atoms with E-state index < -0.39 is 0 Å². The molecule has 0 bridgehead atoms. The van der Waals surface area contributed by atoms with Crippen LogP contribution in [0.3, 0.4) is 0 Å². The van der Waals surface area contributed by atoms with E-state index in [1.165, 1.54) is 24.9 Å². The maximum absolute atomic E-state index is 12.2. The fraction of sp³-hybridized carbons (Fsp3) is 0.550. The van der Waals surface area contributed by atoms with Crippen molar-refractivity contribution in [2.45, 2.75) is 38.1 Å². The second-order valence-electron chi connectivity index (χ2n) is 8.21. The minimum atomic E-state index is -0.358. The second-order valence-corrected chi connectivity index (χ2v) is 8.21. The van der Waals surface area contributed by atoms with Crippen LogP contribution in [-0.2, 0) is 9.59 Å². The zero-order valence-corrected chi connectivity index (χ0v) is 16.6. The van der Waals surface area contributed by atoms with Crippen molar-refractivity contribution in [2.75, 3.05) is 31.1 Å². The minimum Gasteiger partial charge on any atom is -0.371 e. The zero-order chi connectivity index (χ0) is 18.4. The van der Waals surface area contributed by atoms with E-state index >= 15 is 0 Å². The van der Waals surface area contributed by atoms with Crippen LogP contribution in [0.5, 0.6) is 0 Å². The van der Waals surface area contributed by atoms with E-state index in [0.717, 1.165) is 37.2 Å². The molecule has 4 heterocycles. The van der Waals surface area contributed by atoms with Crippen molar-refractivity contribution < 1.29 is 9.59 Å². The number of hydrogen-bond donors (Lipinski definition) is 2. The Hall–Kier alpha value is -2.12. The summed E-state index contributed by atoms with van der Waals surface area (Å²) in [5.41, 5.74) is 3.56. The van der Waals surface area contributed by atoms with Gasteiger partial charge in [0, 0.05) is 31.7 Å². The second kappa shape index (κ2) is 7.37. The lowest BCUT2D eigenvalue weighted by atomic mass is 9.78. The minimum absolute atomic E-state index is 0. The van der Waals surface area contributed by atoms with Gasteiger partial charge in [-0.25, -0.2) is 4.98 Å². The van der Waals surface area contributed by atoms with Crippen LogP contribution in [0.15, 0.2) is 24.5 Å². The first-order chi connectivity index (χ1) is 13.1. The number of carbonyl (C=O) groups excluding carboxylic acids is 2. The third-order valence-corrected chi connectivity index (χ3v) is 6.63. The molecule has 3 aliphatic rings. The molecule has 2 aromatic rings. The number of rotatable bonds is 2. The van der Waals surface area contributed by atoms with Crippen molar-refractivity contribution in [3.05, 3.63) is 24.5 Å². The Bertz CT molecular complexity index is 895. The molecule has 28 heavy (non-hydrogen) atoms. The molecule has 2 amide bonds. The third kappa shape index (κ3) is 3.26. The number of imidazole rings is 1. The van der Waals surface area contributed by atoms with Crippen LogP contribution in [-0.4, -0.2) is 47.5 Å². The Morgan fingerprint density at radius 2 is 1.96 bits per heavy atom. The highest BCUT2D eigenvalue weighted by Crippen LogP contribution is 2.38. The van der Waals surface area contributed by atoms with Gasteiger partial charge >= 0.3 is 0 Å². The molecule has 1 spiro atoms. The van der Waals surface area contributed by atoms with E-state index in [2.05, 4.69) is 38.7 Å². The first-order valence-electron chi connectivity index (χ1n) is 9.90. The topological polar surface area (TPSA) is 79.3 Å². The first kappa shape index (κ1) is 19.2. The Labute approximate surface area is 170 Å². The highest BCUT2D eigenvalue weighted by molar-refractivity contribution is 6.00. The molecule has 1 aromatic heterocycles. The lowest BCUT2D eigenvalue weighted by Crippen LogP contribution is -2.41. The van der Waals surface area contributed by atoms with Crippen LogP contribution >= 0.6 is 12.4 Å². The van der Waals surface area contributed by atoms with Crippen molar-refractivity contribution in [3.8, 4) is 0 Å². The molecule has 3 saturated heterocycles. The fourth-order valence-corrected chi connectivity index (χ4v) is 4.87. The summed E-state index contributed by atoms with van der Waals surface area (Å²) in [6.07, 6.45) is 6.41. The van der Waals surface area contributed by atoms with E-state index in [1.54, 1.807) is 6.33 Å². The number of carbonyl (C=O) groups is 2. The van der Waals surface area contributed by atoms with Gasteiger partial charge in [-0.05, 0) is 55.8 Å². The van der Waals surface area contributed by atoms with E-state index in [9.17, 15) is 9.59 Å². The van der Waals surface area contributed by atoms with Crippen molar-refractivity contribution in [3.63, 3.8) is 0 Å². The molecule has 3 fully saturated rings. The lowest BCUT2D eigenvalue weighted by Gasteiger charge is -2.40. The van der Waals surface area contributed by atoms with Crippen molar-refractivity contribution in [1.82, 2.24) is 20.2 Å². The molecule has 1 atom stereocenters. The summed E-state index contributed by atoms with van der Waals surface area (Å²) in [6.45, 7) is 4.49. The molecule has 0 radical (unpaired) electrons. The summed E-state index contributed by atoms with van der Waals surface area (Å²) < 4.78 is 1.90. The number of hydrogen-bond acceptors (Lipinski definition) is 5. The normalized spacial score (nSPS) is 24.4. The lowest BCUT2D eigenvalue weighted by molar-refractivity contribution is -0.135. The van der Waals surface area contributed by atoms with Gasteiger partial charge in [0.2, 0.25) is 11.8 Å². The van der Waals surface area contributed by atoms with E-state index in [1.807, 2.05) is 4.57 Å². The number of fused-ring (bicyclic) bond motifs is 1. The smallest absolute Gasteiger partial charge is 0.249 e. The predicted molar refractivity (Wildman–Crippen MR) is 110 cm³/mol. The third-order valence-electron chi connectivity index (χ3n) is 6.63. The van der Waals surface area contributed by atoms with Gasteiger partial charge in [0.15, 0.2) is 0 Å². The average Bonchev–Trinajstić information content (AvgIpc) is 3.29. The molecule has 1 unspecified atom stereocenters. The van der Waals surface area contributed by atoms with E-state index in [-0.39, 0.29) is 30.3 Å². The molecule has 0 aliphatic carbocycles. The highest BCUT2D eigenvalue weighted by Gasteiger charge is 2.37. The first-order valence-corrected chi connectivity index (χ1v) is 9.90. The molecule has 5 rings (SSSR count). The quantitative estimate of drug-likeness (QED) is 0.750. The zero-order valence-electron chi connectivity index (χ0n) is 15.8. The highest BCUT2D eigenvalue weighted by atomic mass is 35.5. The van der Waals surface area contributed by atoms with Crippen LogP contribution in [0.25, 0.3) is 11.0 Å². The van der Waals surface area contributed by atoms with Crippen molar-refractivity contribution in [1.29, 1.82) is 0 Å². The van der Waals surface area contributed by atoms with Gasteiger partial charge in [-0.2, -0.15) is 0 Å². The fourth-order valence-electron chi connectivity index (χ4n) is 4.87. The monoisotopic (exact) mass is 403 g/mol. The number of anilines is 1. The summed E-state index contributed by atoms with van der Waals surface area (Å²) in [5, 5.41) is 5.95. The van der Waals surface area contributed by atoms with Gasteiger partial charge in [0.05, 0.1) is 17.4 Å². The van der Waals surface area contributed by atoms with Gasteiger partial charge in [-0.1, -0.05) is 0 Å². The van der Waals surface area contributed by atoms with Crippen LogP contribution in [0.1, 0.15) is 38.1 Å². The number of benzene rings is 1. The number of halogens is 1. The molecular weight excluding hydrogens is 378 g/mol. The molecule has 3 aliphatic heterocycles. The number of nitrogens with one attached hydrogen (secondary N) is 2. The van der Waals surface area contributed by atoms with Gasteiger partial charge in [0.1, 0.15) is 6.04 Å². The summed E-state index contributed by atoms with van der Waals surface area (Å²) in [6, 6.07) is 5.96. The molecule has 0 saturated carbocycles.